The van der Waals surface area contributed by atoms with Gasteiger partial charge in [-0.1, -0.05) is 33.6 Å². The van der Waals surface area contributed by atoms with Crippen molar-refractivity contribution in [2.24, 2.45) is 0 Å². The van der Waals surface area contributed by atoms with Crippen molar-refractivity contribution in [3.8, 4) is 0 Å². The van der Waals surface area contributed by atoms with E-state index >= 15 is 0 Å². The Hall–Kier alpha value is -1.11. The van der Waals surface area contributed by atoms with Gasteiger partial charge >= 0.3 is 0 Å². The van der Waals surface area contributed by atoms with Gasteiger partial charge in [-0.25, -0.2) is 0 Å². The molecule has 0 radical (unpaired) electrons. The van der Waals surface area contributed by atoms with Gasteiger partial charge in [-0.15, -0.1) is 0 Å². The second-order valence-corrected chi connectivity index (χ2v) is 6.20. The predicted octanol–water partition coefficient (Wildman–Crippen LogP) is 5.39. The number of benzene rings is 2. The molecule has 2 rings (SSSR count). The molecule has 0 atom stereocenters. The Labute approximate surface area is 137 Å². The van der Waals surface area contributed by atoms with Crippen LogP contribution in [0.2, 0.25) is 5.02 Å². The zero-order valence-corrected chi connectivity index (χ0v) is 14.0. The van der Waals surface area contributed by atoms with E-state index in [4.69, 9.17) is 11.6 Å². The minimum atomic E-state index is -0.417. The Morgan fingerprint density at radius 2 is 1.95 bits per heavy atom. The van der Waals surface area contributed by atoms with Gasteiger partial charge in [-0.2, -0.15) is 0 Å². The van der Waals surface area contributed by atoms with Gasteiger partial charge in [0.15, 0.2) is 0 Å². The molecule has 0 aliphatic heterocycles. The molecule has 0 aliphatic rings. The molecule has 0 fully saturated rings. The highest BCUT2D eigenvalue weighted by atomic mass is 79.9. The molecule has 104 valence electrons. The van der Waals surface area contributed by atoms with E-state index in [0.29, 0.717) is 16.0 Å². The van der Waals surface area contributed by atoms with Crippen LogP contribution < -0.4 is 5.32 Å². The van der Waals surface area contributed by atoms with E-state index in [9.17, 15) is 10.1 Å². The maximum absolute atomic E-state index is 10.9. The van der Waals surface area contributed by atoms with Gasteiger partial charge in [0.1, 0.15) is 0 Å². The molecule has 0 unspecified atom stereocenters. The van der Waals surface area contributed by atoms with Gasteiger partial charge in [-0.05, 0) is 45.8 Å². The quantitative estimate of drug-likeness (QED) is 0.533. The summed E-state index contributed by atoms with van der Waals surface area (Å²) < 4.78 is 1.37. The Balaban J connectivity index is 2.17. The zero-order chi connectivity index (χ0) is 14.7. The molecule has 0 aliphatic carbocycles. The maximum atomic E-state index is 10.9. The van der Waals surface area contributed by atoms with Crippen molar-refractivity contribution < 1.29 is 4.92 Å². The molecule has 0 aromatic heterocycles. The van der Waals surface area contributed by atoms with Crippen molar-refractivity contribution >= 4 is 54.8 Å². The molecule has 0 heterocycles. The standard InChI is InChI=1S/C13H9Br2ClN2O2/c14-9-2-4-11(16)12(6-9)17-7-8-1-3-10(15)13(5-8)18(19)20/h1-6,17H,7H2. The molecule has 2 aromatic rings. The summed E-state index contributed by atoms with van der Waals surface area (Å²) in [4.78, 5) is 10.5. The third-order valence-electron chi connectivity index (χ3n) is 2.62. The summed E-state index contributed by atoms with van der Waals surface area (Å²) in [6.45, 7) is 0.449. The van der Waals surface area contributed by atoms with Crippen LogP contribution in [-0.4, -0.2) is 4.92 Å². The molecule has 2 aromatic carbocycles. The van der Waals surface area contributed by atoms with E-state index in [0.717, 1.165) is 15.7 Å². The number of nitrogens with one attached hydrogen (secondary N) is 1. The Morgan fingerprint density at radius 3 is 2.65 bits per heavy atom. The van der Waals surface area contributed by atoms with Gasteiger partial charge in [0.2, 0.25) is 0 Å². The zero-order valence-electron chi connectivity index (χ0n) is 10.1. The summed E-state index contributed by atoms with van der Waals surface area (Å²) in [5, 5.41) is 14.6. The normalized spacial score (nSPS) is 10.3. The number of nitro benzene ring substituents is 1. The van der Waals surface area contributed by atoms with Crippen molar-refractivity contribution in [1.82, 2.24) is 0 Å². The maximum Gasteiger partial charge on any atom is 0.283 e. The fraction of sp³-hybridized carbons (Fsp3) is 0.0769. The molecule has 0 saturated heterocycles. The molecular weight excluding hydrogens is 411 g/mol. The molecule has 0 bridgehead atoms. The average molecular weight is 420 g/mol. The second-order valence-electron chi connectivity index (χ2n) is 4.02. The minimum absolute atomic E-state index is 0.0460. The van der Waals surface area contributed by atoms with Crippen LogP contribution in [0.4, 0.5) is 11.4 Å². The molecule has 0 spiro atoms. The topological polar surface area (TPSA) is 55.2 Å². The fourth-order valence-corrected chi connectivity index (χ4v) is 2.58. The largest absolute Gasteiger partial charge is 0.380 e. The lowest BCUT2D eigenvalue weighted by molar-refractivity contribution is -0.385. The number of rotatable bonds is 4. The summed E-state index contributed by atoms with van der Waals surface area (Å²) in [5.74, 6) is 0. The first kappa shape index (κ1) is 15.3. The Bertz CT molecular complexity index is 665. The lowest BCUT2D eigenvalue weighted by Crippen LogP contribution is -2.01. The number of anilines is 1. The summed E-state index contributed by atoms with van der Waals surface area (Å²) in [6, 6.07) is 10.5. The molecule has 0 saturated carbocycles. The highest BCUT2D eigenvalue weighted by molar-refractivity contribution is 9.10. The first-order valence-corrected chi connectivity index (χ1v) is 7.55. The Morgan fingerprint density at radius 1 is 1.20 bits per heavy atom. The van der Waals surface area contributed by atoms with Crippen LogP contribution in [0.3, 0.4) is 0 Å². The van der Waals surface area contributed by atoms with E-state index < -0.39 is 4.92 Å². The van der Waals surface area contributed by atoms with Crippen molar-refractivity contribution in [2.45, 2.75) is 6.54 Å². The summed E-state index contributed by atoms with van der Waals surface area (Å²) in [5.41, 5.74) is 1.62. The number of nitrogens with zero attached hydrogens (tertiary/aromatic N) is 1. The van der Waals surface area contributed by atoms with E-state index in [1.165, 1.54) is 6.07 Å². The van der Waals surface area contributed by atoms with Crippen LogP contribution in [0.1, 0.15) is 5.56 Å². The Kier molecular flexibility index (Phi) is 5.01. The van der Waals surface area contributed by atoms with Crippen molar-refractivity contribution in [3.63, 3.8) is 0 Å². The SMILES string of the molecule is O=[N+]([O-])c1cc(CNc2cc(Br)ccc2Cl)ccc1Br. The lowest BCUT2D eigenvalue weighted by Gasteiger charge is -2.09. The summed E-state index contributed by atoms with van der Waals surface area (Å²) in [7, 11) is 0. The highest BCUT2D eigenvalue weighted by Crippen LogP contribution is 2.28. The monoisotopic (exact) mass is 418 g/mol. The highest BCUT2D eigenvalue weighted by Gasteiger charge is 2.12. The fourth-order valence-electron chi connectivity index (χ4n) is 1.64. The van der Waals surface area contributed by atoms with Crippen LogP contribution in [0.25, 0.3) is 0 Å². The number of hydrogen-bond donors (Lipinski definition) is 1. The van der Waals surface area contributed by atoms with Gasteiger partial charge in [-0.3, -0.25) is 10.1 Å². The van der Waals surface area contributed by atoms with Crippen LogP contribution in [0, 0.1) is 10.1 Å². The molecule has 7 heteroatoms. The molecule has 4 nitrogen and oxygen atoms in total. The van der Waals surface area contributed by atoms with Crippen LogP contribution in [0.5, 0.6) is 0 Å². The first-order valence-electron chi connectivity index (χ1n) is 5.59. The van der Waals surface area contributed by atoms with Gasteiger partial charge in [0.05, 0.1) is 20.1 Å². The second kappa shape index (κ2) is 6.56. The van der Waals surface area contributed by atoms with Crippen molar-refractivity contribution in [1.29, 1.82) is 0 Å². The van der Waals surface area contributed by atoms with Crippen LogP contribution in [0.15, 0.2) is 45.3 Å². The predicted molar refractivity (Wildman–Crippen MR) is 87.3 cm³/mol. The third-order valence-corrected chi connectivity index (χ3v) is 4.11. The van der Waals surface area contributed by atoms with E-state index in [-0.39, 0.29) is 5.69 Å². The summed E-state index contributed by atoms with van der Waals surface area (Å²) >= 11 is 12.6. The van der Waals surface area contributed by atoms with Crippen molar-refractivity contribution in [2.75, 3.05) is 5.32 Å². The molecule has 0 amide bonds. The molecular formula is C13H9Br2ClN2O2. The average Bonchev–Trinajstić information content (AvgIpc) is 2.41. The van der Waals surface area contributed by atoms with Gasteiger partial charge in [0.25, 0.3) is 5.69 Å². The van der Waals surface area contributed by atoms with Gasteiger partial charge < -0.3 is 5.32 Å². The van der Waals surface area contributed by atoms with Crippen LogP contribution >= 0.6 is 43.5 Å². The first-order chi connectivity index (χ1) is 9.47. The summed E-state index contributed by atoms with van der Waals surface area (Å²) in [6.07, 6.45) is 0. The minimum Gasteiger partial charge on any atom is -0.380 e. The van der Waals surface area contributed by atoms with Crippen molar-refractivity contribution in [3.05, 3.63) is 66.0 Å². The van der Waals surface area contributed by atoms with E-state index in [1.54, 1.807) is 12.1 Å². The smallest absolute Gasteiger partial charge is 0.283 e. The van der Waals surface area contributed by atoms with Crippen LogP contribution in [-0.2, 0) is 6.54 Å². The number of halogens is 3. The number of nitro groups is 1. The molecule has 20 heavy (non-hydrogen) atoms. The third kappa shape index (κ3) is 3.71. The lowest BCUT2D eigenvalue weighted by atomic mass is 10.2. The van der Waals surface area contributed by atoms with Gasteiger partial charge in [0, 0.05) is 17.1 Å². The van der Waals surface area contributed by atoms with E-state index in [1.807, 2.05) is 18.2 Å². The molecule has 1 N–H and O–H groups in total. The van der Waals surface area contributed by atoms with E-state index in [2.05, 4.69) is 37.2 Å². The number of hydrogen-bond acceptors (Lipinski definition) is 3.